The molecule has 4 heteroatoms. The van der Waals surface area contributed by atoms with Crippen LogP contribution < -0.4 is 10.1 Å². The van der Waals surface area contributed by atoms with E-state index in [1.165, 1.54) is 6.07 Å². The third-order valence-electron chi connectivity index (χ3n) is 2.53. The highest BCUT2D eigenvalue weighted by Gasteiger charge is 2.06. The summed E-state index contributed by atoms with van der Waals surface area (Å²) in [4.78, 5) is 12.0. The Morgan fingerprint density at radius 2 is 1.95 bits per heavy atom. The summed E-state index contributed by atoms with van der Waals surface area (Å²) in [6.45, 7) is 2.50. The Hall–Kier alpha value is -2.49. The molecule has 2 aromatic rings. The predicted octanol–water partition coefficient (Wildman–Crippen LogP) is 3.04. The average Bonchev–Trinajstić information content (AvgIpc) is 2.40. The molecule has 0 atom stereocenters. The van der Waals surface area contributed by atoms with Crippen LogP contribution in [0.5, 0.6) is 11.5 Å². The molecule has 0 aliphatic rings. The molecule has 0 unspecified atom stereocenters. The van der Waals surface area contributed by atoms with Crippen molar-refractivity contribution in [3.05, 3.63) is 54.1 Å². The molecule has 0 aromatic heterocycles. The SMILES string of the molecule is CCOc1ccc(C(=O)Nc2cccc(O)c2)cc1. The molecule has 0 heterocycles. The van der Waals surface area contributed by atoms with E-state index in [-0.39, 0.29) is 11.7 Å². The molecule has 2 N–H and O–H groups in total. The zero-order valence-corrected chi connectivity index (χ0v) is 10.6. The van der Waals surface area contributed by atoms with Gasteiger partial charge in [0, 0.05) is 17.3 Å². The van der Waals surface area contributed by atoms with E-state index in [0.717, 1.165) is 5.75 Å². The van der Waals surface area contributed by atoms with Gasteiger partial charge in [-0.1, -0.05) is 6.07 Å². The van der Waals surface area contributed by atoms with E-state index in [1.807, 2.05) is 6.92 Å². The minimum atomic E-state index is -0.228. The van der Waals surface area contributed by atoms with Gasteiger partial charge in [0.25, 0.3) is 5.91 Å². The molecule has 4 nitrogen and oxygen atoms in total. The van der Waals surface area contributed by atoms with Crippen molar-refractivity contribution in [2.24, 2.45) is 0 Å². The highest BCUT2D eigenvalue weighted by molar-refractivity contribution is 6.04. The van der Waals surface area contributed by atoms with E-state index < -0.39 is 0 Å². The second kappa shape index (κ2) is 5.91. The van der Waals surface area contributed by atoms with E-state index in [2.05, 4.69) is 5.32 Å². The Labute approximate surface area is 111 Å². The van der Waals surface area contributed by atoms with Gasteiger partial charge < -0.3 is 15.2 Å². The van der Waals surface area contributed by atoms with Crippen molar-refractivity contribution in [2.75, 3.05) is 11.9 Å². The number of benzene rings is 2. The van der Waals surface area contributed by atoms with Crippen molar-refractivity contribution < 1.29 is 14.6 Å². The zero-order valence-electron chi connectivity index (χ0n) is 10.6. The molecular formula is C15H15NO3. The maximum absolute atomic E-state index is 12.0. The van der Waals surface area contributed by atoms with E-state index in [4.69, 9.17) is 4.74 Å². The summed E-state index contributed by atoms with van der Waals surface area (Å²) in [6.07, 6.45) is 0. The van der Waals surface area contributed by atoms with Gasteiger partial charge >= 0.3 is 0 Å². The number of ether oxygens (including phenoxy) is 1. The zero-order chi connectivity index (χ0) is 13.7. The van der Waals surface area contributed by atoms with Crippen LogP contribution in [-0.2, 0) is 0 Å². The van der Waals surface area contributed by atoms with Crippen molar-refractivity contribution >= 4 is 11.6 Å². The Morgan fingerprint density at radius 1 is 1.21 bits per heavy atom. The highest BCUT2D eigenvalue weighted by Crippen LogP contribution is 2.17. The van der Waals surface area contributed by atoms with Crippen LogP contribution >= 0.6 is 0 Å². The first kappa shape index (κ1) is 13.0. The molecule has 19 heavy (non-hydrogen) atoms. The van der Waals surface area contributed by atoms with Gasteiger partial charge in [-0.3, -0.25) is 4.79 Å². The van der Waals surface area contributed by atoms with Crippen molar-refractivity contribution in [2.45, 2.75) is 6.92 Å². The van der Waals surface area contributed by atoms with Gasteiger partial charge in [-0.15, -0.1) is 0 Å². The number of carbonyl (C=O) groups is 1. The molecule has 0 aliphatic carbocycles. The van der Waals surface area contributed by atoms with Crippen LogP contribution in [0.2, 0.25) is 0 Å². The summed E-state index contributed by atoms with van der Waals surface area (Å²) < 4.78 is 5.31. The lowest BCUT2D eigenvalue weighted by Crippen LogP contribution is -2.11. The van der Waals surface area contributed by atoms with Crippen molar-refractivity contribution in [3.63, 3.8) is 0 Å². The van der Waals surface area contributed by atoms with Crippen molar-refractivity contribution in [1.29, 1.82) is 0 Å². The first-order valence-corrected chi connectivity index (χ1v) is 6.02. The summed E-state index contributed by atoms with van der Waals surface area (Å²) in [5.74, 6) is 0.620. The van der Waals surface area contributed by atoms with Gasteiger partial charge in [0.15, 0.2) is 0 Å². The summed E-state index contributed by atoms with van der Waals surface area (Å²) >= 11 is 0. The van der Waals surface area contributed by atoms with Gasteiger partial charge in [0.2, 0.25) is 0 Å². The Bertz CT molecular complexity index is 564. The number of hydrogen-bond donors (Lipinski definition) is 2. The molecule has 0 bridgehead atoms. The molecule has 2 rings (SSSR count). The Kier molecular flexibility index (Phi) is 4.03. The fourth-order valence-corrected chi connectivity index (χ4v) is 1.66. The number of aromatic hydroxyl groups is 1. The molecule has 0 saturated heterocycles. The largest absolute Gasteiger partial charge is 0.508 e. The van der Waals surface area contributed by atoms with Crippen LogP contribution in [0.4, 0.5) is 5.69 Å². The lowest BCUT2D eigenvalue weighted by molar-refractivity contribution is 0.102. The predicted molar refractivity (Wildman–Crippen MR) is 73.7 cm³/mol. The molecule has 0 radical (unpaired) electrons. The monoisotopic (exact) mass is 257 g/mol. The van der Waals surface area contributed by atoms with Gasteiger partial charge in [-0.25, -0.2) is 0 Å². The van der Waals surface area contributed by atoms with E-state index in [1.54, 1.807) is 42.5 Å². The molecule has 0 saturated carbocycles. The molecule has 0 fully saturated rings. The first-order chi connectivity index (χ1) is 9.19. The lowest BCUT2D eigenvalue weighted by atomic mass is 10.2. The van der Waals surface area contributed by atoms with Crippen LogP contribution in [0.3, 0.4) is 0 Å². The summed E-state index contributed by atoms with van der Waals surface area (Å²) in [6, 6.07) is 13.3. The van der Waals surface area contributed by atoms with Crippen molar-refractivity contribution in [3.8, 4) is 11.5 Å². The minimum Gasteiger partial charge on any atom is -0.508 e. The van der Waals surface area contributed by atoms with Crippen molar-refractivity contribution in [1.82, 2.24) is 0 Å². The van der Waals surface area contributed by atoms with Crippen LogP contribution in [0.15, 0.2) is 48.5 Å². The lowest BCUT2D eigenvalue weighted by Gasteiger charge is -2.07. The number of rotatable bonds is 4. The fraction of sp³-hybridized carbons (Fsp3) is 0.133. The minimum absolute atomic E-state index is 0.115. The van der Waals surface area contributed by atoms with Crippen LogP contribution in [0.1, 0.15) is 17.3 Å². The first-order valence-electron chi connectivity index (χ1n) is 6.02. The normalized spacial score (nSPS) is 9.95. The third kappa shape index (κ3) is 3.48. The standard InChI is InChI=1S/C15H15NO3/c1-2-19-14-8-6-11(7-9-14)15(18)16-12-4-3-5-13(17)10-12/h3-10,17H,2H2,1H3,(H,16,18). The number of amides is 1. The molecule has 0 spiro atoms. The van der Waals surface area contributed by atoms with E-state index >= 15 is 0 Å². The highest BCUT2D eigenvalue weighted by atomic mass is 16.5. The van der Waals surface area contributed by atoms with Gasteiger partial charge in [-0.05, 0) is 43.3 Å². The average molecular weight is 257 g/mol. The number of phenols is 1. The maximum atomic E-state index is 12.0. The summed E-state index contributed by atoms with van der Waals surface area (Å²) in [5, 5.41) is 12.0. The number of hydrogen-bond acceptors (Lipinski definition) is 3. The second-order valence-corrected chi connectivity index (χ2v) is 3.96. The number of nitrogens with one attached hydrogen (secondary N) is 1. The number of carbonyl (C=O) groups excluding carboxylic acids is 1. The number of phenolic OH excluding ortho intramolecular Hbond substituents is 1. The maximum Gasteiger partial charge on any atom is 0.255 e. The second-order valence-electron chi connectivity index (χ2n) is 3.96. The molecule has 1 amide bonds. The van der Waals surface area contributed by atoms with E-state index in [9.17, 15) is 9.90 Å². The van der Waals surface area contributed by atoms with Gasteiger partial charge in [0.1, 0.15) is 11.5 Å². The fourth-order valence-electron chi connectivity index (χ4n) is 1.66. The van der Waals surface area contributed by atoms with E-state index in [0.29, 0.717) is 17.9 Å². The van der Waals surface area contributed by atoms with Crippen LogP contribution in [0.25, 0.3) is 0 Å². The number of anilines is 1. The quantitative estimate of drug-likeness (QED) is 0.885. The summed E-state index contributed by atoms with van der Waals surface area (Å²) in [5.41, 5.74) is 1.09. The van der Waals surface area contributed by atoms with Gasteiger partial charge in [0.05, 0.1) is 6.61 Å². The molecular weight excluding hydrogens is 242 g/mol. The third-order valence-corrected chi connectivity index (χ3v) is 2.53. The topological polar surface area (TPSA) is 58.6 Å². The molecule has 0 aliphatic heterocycles. The molecule has 98 valence electrons. The van der Waals surface area contributed by atoms with Crippen LogP contribution in [0, 0.1) is 0 Å². The van der Waals surface area contributed by atoms with Gasteiger partial charge in [-0.2, -0.15) is 0 Å². The molecule has 2 aromatic carbocycles. The Morgan fingerprint density at radius 3 is 2.58 bits per heavy atom. The smallest absolute Gasteiger partial charge is 0.255 e. The van der Waals surface area contributed by atoms with Crippen LogP contribution in [-0.4, -0.2) is 17.6 Å². The Balaban J connectivity index is 2.07. The summed E-state index contributed by atoms with van der Waals surface area (Å²) in [7, 11) is 0.